The second-order valence-electron chi connectivity index (χ2n) is 4.47. The van der Waals surface area contributed by atoms with Crippen LogP contribution in [0, 0.1) is 0 Å². The van der Waals surface area contributed by atoms with Crippen molar-refractivity contribution in [3.63, 3.8) is 0 Å². The molecule has 0 N–H and O–H groups in total. The first-order valence-corrected chi connectivity index (χ1v) is 6.02. The van der Waals surface area contributed by atoms with Crippen LogP contribution in [0.15, 0.2) is 61.7 Å². The molecular formula is C18H14. The van der Waals surface area contributed by atoms with Crippen LogP contribution in [-0.2, 0) is 0 Å². The lowest BCUT2D eigenvalue weighted by molar-refractivity contribution is 1.71. The van der Waals surface area contributed by atoms with Gasteiger partial charge in [0.25, 0.3) is 0 Å². The zero-order valence-corrected chi connectivity index (χ0v) is 10.2. The van der Waals surface area contributed by atoms with Crippen LogP contribution in [-0.4, -0.2) is 0 Å². The van der Waals surface area contributed by atoms with Crippen LogP contribution >= 0.6 is 0 Å². The third kappa shape index (κ3) is 1.72. The first kappa shape index (κ1) is 10.8. The molecule has 18 heavy (non-hydrogen) atoms. The Labute approximate surface area is 107 Å². The Bertz CT molecular complexity index is 696. The molecule has 0 nitrogen and oxygen atoms in total. The molecule has 0 saturated heterocycles. The van der Waals surface area contributed by atoms with Gasteiger partial charge in [0.1, 0.15) is 0 Å². The average Bonchev–Trinajstić information content (AvgIpc) is 2.43. The Morgan fingerprint density at radius 2 is 1.00 bits per heavy atom. The minimum Gasteiger partial charge on any atom is -0.0985 e. The SMILES string of the molecule is C=Cc1ccc2cc3cc(C=C)ccc3cc2c1. The summed E-state index contributed by atoms with van der Waals surface area (Å²) < 4.78 is 0. The summed E-state index contributed by atoms with van der Waals surface area (Å²) in [5.41, 5.74) is 2.31. The molecule has 0 fully saturated rings. The molecule has 0 spiro atoms. The third-order valence-electron chi connectivity index (χ3n) is 3.32. The molecule has 0 heteroatoms. The largest absolute Gasteiger partial charge is 0.0985 e. The van der Waals surface area contributed by atoms with E-state index >= 15 is 0 Å². The van der Waals surface area contributed by atoms with Crippen LogP contribution in [0.25, 0.3) is 33.7 Å². The lowest BCUT2D eigenvalue weighted by atomic mass is 10.0. The topological polar surface area (TPSA) is 0 Å². The van der Waals surface area contributed by atoms with Crippen molar-refractivity contribution >= 4 is 33.7 Å². The van der Waals surface area contributed by atoms with Crippen LogP contribution in [0.1, 0.15) is 11.1 Å². The van der Waals surface area contributed by atoms with Crippen LogP contribution in [0.3, 0.4) is 0 Å². The fourth-order valence-electron chi connectivity index (χ4n) is 2.29. The Hall–Kier alpha value is -2.34. The molecule has 0 bridgehead atoms. The van der Waals surface area contributed by atoms with Crippen molar-refractivity contribution in [2.75, 3.05) is 0 Å². The van der Waals surface area contributed by atoms with Gasteiger partial charge in [-0.25, -0.2) is 0 Å². The summed E-state index contributed by atoms with van der Waals surface area (Å²) >= 11 is 0. The van der Waals surface area contributed by atoms with E-state index in [4.69, 9.17) is 0 Å². The number of benzene rings is 3. The van der Waals surface area contributed by atoms with Crippen molar-refractivity contribution in [1.29, 1.82) is 0 Å². The fourth-order valence-corrected chi connectivity index (χ4v) is 2.29. The summed E-state index contributed by atoms with van der Waals surface area (Å²) in [4.78, 5) is 0. The smallest absolute Gasteiger partial charge is 0.0172 e. The quantitative estimate of drug-likeness (QED) is 0.525. The predicted molar refractivity (Wildman–Crippen MR) is 81.6 cm³/mol. The first-order chi connectivity index (χ1) is 8.80. The van der Waals surface area contributed by atoms with Crippen molar-refractivity contribution in [3.8, 4) is 0 Å². The van der Waals surface area contributed by atoms with Gasteiger partial charge >= 0.3 is 0 Å². The van der Waals surface area contributed by atoms with Gasteiger partial charge in [-0.15, -0.1) is 0 Å². The highest BCUT2D eigenvalue weighted by molar-refractivity contribution is 5.99. The molecule has 0 radical (unpaired) electrons. The molecule has 3 rings (SSSR count). The molecule has 3 aromatic rings. The van der Waals surface area contributed by atoms with Gasteiger partial charge in [0.15, 0.2) is 0 Å². The van der Waals surface area contributed by atoms with E-state index in [-0.39, 0.29) is 0 Å². The number of rotatable bonds is 2. The van der Waals surface area contributed by atoms with Crippen molar-refractivity contribution < 1.29 is 0 Å². The Morgan fingerprint density at radius 1 is 0.556 bits per heavy atom. The van der Waals surface area contributed by atoms with E-state index in [2.05, 4.69) is 61.7 Å². The molecule has 0 aromatic heterocycles. The van der Waals surface area contributed by atoms with E-state index in [0.29, 0.717) is 0 Å². The minimum atomic E-state index is 1.16. The Kier molecular flexibility index (Phi) is 2.49. The van der Waals surface area contributed by atoms with Gasteiger partial charge in [-0.05, 0) is 56.9 Å². The Balaban J connectivity index is 2.35. The predicted octanol–water partition coefficient (Wildman–Crippen LogP) is 5.28. The fraction of sp³-hybridized carbons (Fsp3) is 0. The molecule has 0 aliphatic rings. The van der Waals surface area contributed by atoms with Crippen molar-refractivity contribution in [2.45, 2.75) is 0 Å². The van der Waals surface area contributed by atoms with Gasteiger partial charge in [-0.3, -0.25) is 0 Å². The van der Waals surface area contributed by atoms with Gasteiger partial charge < -0.3 is 0 Å². The maximum Gasteiger partial charge on any atom is -0.0172 e. The van der Waals surface area contributed by atoms with Crippen molar-refractivity contribution in [3.05, 3.63) is 72.8 Å². The zero-order valence-electron chi connectivity index (χ0n) is 10.2. The first-order valence-electron chi connectivity index (χ1n) is 6.02. The molecule has 0 aliphatic heterocycles. The second kappa shape index (κ2) is 4.15. The molecule has 0 amide bonds. The average molecular weight is 230 g/mol. The molecule has 0 heterocycles. The summed E-state index contributed by atoms with van der Waals surface area (Å²) in [5.74, 6) is 0. The zero-order chi connectivity index (χ0) is 12.5. The maximum atomic E-state index is 3.81. The third-order valence-corrected chi connectivity index (χ3v) is 3.32. The molecule has 0 atom stereocenters. The van der Waals surface area contributed by atoms with Crippen LogP contribution < -0.4 is 0 Å². The highest BCUT2D eigenvalue weighted by atomic mass is 14.0. The minimum absolute atomic E-state index is 1.16. The maximum absolute atomic E-state index is 3.81. The van der Waals surface area contributed by atoms with Gasteiger partial charge in [-0.2, -0.15) is 0 Å². The summed E-state index contributed by atoms with van der Waals surface area (Å²) in [7, 11) is 0. The summed E-state index contributed by atoms with van der Waals surface area (Å²) in [6, 6.07) is 17.3. The number of fused-ring (bicyclic) bond motifs is 2. The van der Waals surface area contributed by atoms with Crippen LogP contribution in [0.2, 0.25) is 0 Å². The lowest BCUT2D eigenvalue weighted by Gasteiger charge is -2.04. The van der Waals surface area contributed by atoms with E-state index in [0.717, 1.165) is 11.1 Å². The lowest BCUT2D eigenvalue weighted by Crippen LogP contribution is -1.79. The normalized spacial score (nSPS) is 10.7. The summed E-state index contributed by atoms with van der Waals surface area (Å²) in [5, 5.41) is 5.03. The molecule has 0 aliphatic carbocycles. The standard InChI is InChI=1S/C18H14/c1-3-13-5-7-15-12-18-10-14(4-2)6-8-16(18)11-17(15)9-13/h3-12H,1-2H2. The Morgan fingerprint density at radius 3 is 1.39 bits per heavy atom. The summed E-state index contributed by atoms with van der Waals surface area (Å²) in [6.07, 6.45) is 3.76. The van der Waals surface area contributed by atoms with Crippen LogP contribution in [0.5, 0.6) is 0 Å². The van der Waals surface area contributed by atoms with Gasteiger partial charge in [-0.1, -0.05) is 49.6 Å². The van der Waals surface area contributed by atoms with Gasteiger partial charge in [0, 0.05) is 0 Å². The summed E-state index contributed by atoms with van der Waals surface area (Å²) in [6.45, 7) is 7.62. The van der Waals surface area contributed by atoms with E-state index in [9.17, 15) is 0 Å². The number of hydrogen-bond acceptors (Lipinski definition) is 0. The molecule has 0 saturated carbocycles. The highest BCUT2D eigenvalue weighted by Crippen LogP contribution is 2.25. The van der Waals surface area contributed by atoms with Gasteiger partial charge in [0.2, 0.25) is 0 Å². The van der Waals surface area contributed by atoms with E-state index in [1.54, 1.807) is 0 Å². The van der Waals surface area contributed by atoms with Crippen molar-refractivity contribution in [2.24, 2.45) is 0 Å². The number of hydrogen-bond donors (Lipinski definition) is 0. The second-order valence-corrected chi connectivity index (χ2v) is 4.47. The van der Waals surface area contributed by atoms with Crippen LogP contribution in [0.4, 0.5) is 0 Å². The van der Waals surface area contributed by atoms with E-state index < -0.39 is 0 Å². The highest BCUT2D eigenvalue weighted by Gasteiger charge is 1.99. The van der Waals surface area contributed by atoms with E-state index in [1.165, 1.54) is 21.5 Å². The van der Waals surface area contributed by atoms with Crippen molar-refractivity contribution in [1.82, 2.24) is 0 Å². The molecule has 3 aromatic carbocycles. The molecule has 0 unspecified atom stereocenters. The van der Waals surface area contributed by atoms with E-state index in [1.807, 2.05) is 12.2 Å². The molecular weight excluding hydrogens is 216 g/mol. The van der Waals surface area contributed by atoms with Gasteiger partial charge in [0.05, 0.1) is 0 Å². The molecule has 86 valence electrons. The monoisotopic (exact) mass is 230 g/mol.